The molecule has 3 aromatic rings. The number of nitrogens with zero attached hydrogens (tertiary/aromatic N) is 3. The third-order valence-electron chi connectivity index (χ3n) is 3.87. The summed E-state index contributed by atoms with van der Waals surface area (Å²) in [6.45, 7) is 5.00. The third kappa shape index (κ3) is 2.34. The molecule has 0 atom stereocenters. The van der Waals surface area contributed by atoms with Gasteiger partial charge in [-0.2, -0.15) is 0 Å². The highest BCUT2D eigenvalue weighted by atomic mass is 16.7. The molecule has 7 nitrogen and oxygen atoms in total. The van der Waals surface area contributed by atoms with E-state index in [1.165, 1.54) is 0 Å². The molecule has 0 spiro atoms. The standard InChI is InChI=1S/C16H17N5O2/c1-9(2)15-19-13-14(17)18-7-21(16(13)20-15)6-10-3-4-11-12(5-10)23-8-22-11/h3-5,7,9,17H,6,8H2,1-2H3,(H,19,20). The molecule has 0 amide bonds. The van der Waals surface area contributed by atoms with Crippen LogP contribution in [0.15, 0.2) is 24.5 Å². The quantitative estimate of drug-likeness (QED) is 0.775. The number of benzene rings is 1. The Hall–Kier alpha value is -2.83. The first-order valence-electron chi connectivity index (χ1n) is 7.50. The lowest BCUT2D eigenvalue weighted by Crippen LogP contribution is -2.13. The largest absolute Gasteiger partial charge is 0.454 e. The minimum atomic E-state index is 0.210. The average molecular weight is 311 g/mol. The van der Waals surface area contributed by atoms with Gasteiger partial charge in [-0.05, 0) is 17.7 Å². The monoisotopic (exact) mass is 311 g/mol. The molecule has 0 radical (unpaired) electrons. The maximum absolute atomic E-state index is 7.96. The number of hydrogen-bond acceptors (Lipinski definition) is 5. The minimum Gasteiger partial charge on any atom is -0.454 e. The number of hydrogen-bond donors (Lipinski definition) is 2. The fourth-order valence-corrected chi connectivity index (χ4v) is 2.63. The highest BCUT2D eigenvalue weighted by Gasteiger charge is 2.15. The first kappa shape index (κ1) is 13.8. The number of imidazole rings is 1. The van der Waals surface area contributed by atoms with Crippen LogP contribution in [-0.2, 0) is 6.54 Å². The van der Waals surface area contributed by atoms with Crippen molar-refractivity contribution in [1.29, 1.82) is 5.41 Å². The summed E-state index contributed by atoms with van der Waals surface area (Å²) in [6.07, 6.45) is 1.65. The highest BCUT2D eigenvalue weighted by Crippen LogP contribution is 2.32. The summed E-state index contributed by atoms with van der Waals surface area (Å²) in [4.78, 5) is 12.0. The smallest absolute Gasteiger partial charge is 0.231 e. The zero-order valence-electron chi connectivity index (χ0n) is 13.0. The zero-order chi connectivity index (χ0) is 16.0. The van der Waals surface area contributed by atoms with Crippen molar-refractivity contribution in [2.75, 3.05) is 6.79 Å². The van der Waals surface area contributed by atoms with Crippen molar-refractivity contribution in [2.45, 2.75) is 26.3 Å². The van der Waals surface area contributed by atoms with Crippen molar-refractivity contribution in [3.05, 3.63) is 41.4 Å². The molecule has 1 aromatic carbocycles. The molecule has 0 fully saturated rings. The van der Waals surface area contributed by atoms with Crippen LogP contribution in [-0.4, -0.2) is 26.3 Å². The van der Waals surface area contributed by atoms with Gasteiger partial charge >= 0.3 is 0 Å². The predicted molar refractivity (Wildman–Crippen MR) is 83.5 cm³/mol. The first-order chi connectivity index (χ1) is 11.1. The van der Waals surface area contributed by atoms with Gasteiger partial charge in [-0.25, -0.2) is 9.97 Å². The van der Waals surface area contributed by atoms with E-state index < -0.39 is 0 Å². The Labute approximate surface area is 132 Å². The molecule has 7 heteroatoms. The Kier molecular flexibility index (Phi) is 3.07. The highest BCUT2D eigenvalue weighted by molar-refractivity contribution is 5.69. The van der Waals surface area contributed by atoms with E-state index in [0.29, 0.717) is 12.1 Å². The van der Waals surface area contributed by atoms with Gasteiger partial charge in [-0.1, -0.05) is 19.9 Å². The number of aromatic amines is 1. The van der Waals surface area contributed by atoms with Gasteiger partial charge in [0.2, 0.25) is 6.79 Å². The molecule has 23 heavy (non-hydrogen) atoms. The summed E-state index contributed by atoms with van der Waals surface area (Å²) in [7, 11) is 0. The Morgan fingerprint density at radius 2 is 2.13 bits per heavy atom. The van der Waals surface area contributed by atoms with Crippen molar-refractivity contribution in [1.82, 2.24) is 19.5 Å². The molecule has 2 aromatic heterocycles. The predicted octanol–water partition coefficient (Wildman–Crippen LogP) is 2.14. The molecular formula is C16H17N5O2. The summed E-state index contributed by atoms with van der Waals surface area (Å²) in [5.41, 5.74) is 2.68. The molecule has 118 valence electrons. The van der Waals surface area contributed by atoms with Gasteiger partial charge in [-0.3, -0.25) is 5.41 Å². The molecule has 2 N–H and O–H groups in total. The summed E-state index contributed by atoms with van der Waals surface area (Å²) in [5, 5.41) is 7.96. The van der Waals surface area contributed by atoms with E-state index in [4.69, 9.17) is 14.9 Å². The molecule has 1 aliphatic heterocycles. The molecule has 3 heterocycles. The second-order valence-electron chi connectivity index (χ2n) is 5.88. The molecule has 0 unspecified atom stereocenters. The molecule has 0 bridgehead atoms. The Morgan fingerprint density at radius 1 is 1.30 bits per heavy atom. The van der Waals surface area contributed by atoms with Crippen LogP contribution in [0.25, 0.3) is 11.2 Å². The second-order valence-corrected chi connectivity index (χ2v) is 5.88. The SMILES string of the molecule is CC(C)c1nc2c([nH]1)c(=N)ncn2Cc1ccc2c(c1)OCO2. The number of nitrogens with one attached hydrogen (secondary N) is 2. The van der Waals surface area contributed by atoms with E-state index in [0.717, 1.165) is 28.5 Å². The van der Waals surface area contributed by atoms with Gasteiger partial charge in [0.25, 0.3) is 0 Å². The number of fused-ring (bicyclic) bond motifs is 2. The lowest BCUT2D eigenvalue weighted by Gasteiger charge is -2.08. The molecule has 1 aliphatic rings. The lowest BCUT2D eigenvalue weighted by atomic mass is 10.2. The van der Waals surface area contributed by atoms with Gasteiger partial charge in [0, 0.05) is 5.92 Å². The second kappa shape index (κ2) is 5.12. The molecule has 0 saturated carbocycles. The van der Waals surface area contributed by atoms with E-state index in [-0.39, 0.29) is 18.2 Å². The van der Waals surface area contributed by atoms with Gasteiger partial charge in [0.1, 0.15) is 11.3 Å². The molecule has 4 rings (SSSR count). The van der Waals surface area contributed by atoms with Crippen LogP contribution in [0.3, 0.4) is 0 Å². The summed E-state index contributed by atoms with van der Waals surface area (Å²) < 4.78 is 12.7. The van der Waals surface area contributed by atoms with Crippen molar-refractivity contribution in [3.8, 4) is 11.5 Å². The van der Waals surface area contributed by atoms with E-state index >= 15 is 0 Å². The van der Waals surface area contributed by atoms with Crippen LogP contribution in [0.2, 0.25) is 0 Å². The Bertz CT molecular complexity index is 941. The molecule has 0 saturated heterocycles. The van der Waals surface area contributed by atoms with E-state index in [1.807, 2.05) is 22.8 Å². The Morgan fingerprint density at radius 3 is 2.96 bits per heavy atom. The maximum atomic E-state index is 7.96. The number of rotatable bonds is 3. The van der Waals surface area contributed by atoms with Crippen LogP contribution in [0.4, 0.5) is 0 Å². The summed E-state index contributed by atoms with van der Waals surface area (Å²) in [5.74, 6) is 2.65. The maximum Gasteiger partial charge on any atom is 0.231 e. The van der Waals surface area contributed by atoms with Gasteiger partial charge < -0.3 is 19.0 Å². The van der Waals surface area contributed by atoms with Crippen molar-refractivity contribution >= 4 is 11.2 Å². The molecular weight excluding hydrogens is 294 g/mol. The Balaban J connectivity index is 1.77. The number of ether oxygens (including phenoxy) is 2. The van der Waals surface area contributed by atoms with E-state index in [1.54, 1.807) is 6.33 Å². The van der Waals surface area contributed by atoms with E-state index in [9.17, 15) is 0 Å². The van der Waals surface area contributed by atoms with Crippen molar-refractivity contribution < 1.29 is 9.47 Å². The fourth-order valence-electron chi connectivity index (χ4n) is 2.63. The van der Waals surface area contributed by atoms with Gasteiger partial charge in [0.05, 0.1) is 12.9 Å². The van der Waals surface area contributed by atoms with Gasteiger partial charge in [0.15, 0.2) is 22.6 Å². The first-order valence-corrected chi connectivity index (χ1v) is 7.50. The minimum absolute atomic E-state index is 0.210. The average Bonchev–Trinajstić information content (AvgIpc) is 3.16. The van der Waals surface area contributed by atoms with Crippen LogP contribution in [0.5, 0.6) is 11.5 Å². The lowest BCUT2D eigenvalue weighted by molar-refractivity contribution is 0.174. The van der Waals surface area contributed by atoms with Crippen LogP contribution in [0.1, 0.15) is 31.2 Å². The van der Waals surface area contributed by atoms with Crippen molar-refractivity contribution in [3.63, 3.8) is 0 Å². The van der Waals surface area contributed by atoms with Gasteiger partial charge in [-0.15, -0.1) is 0 Å². The normalized spacial score (nSPS) is 13.2. The van der Waals surface area contributed by atoms with E-state index in [2.05, 4.69) is 28.8 Å². The zero-order valence-corrected chi connectivity index (χ0v) is 13.0. The fraction of sp³-hybridized carbons (Fsp3) is 0.312. The number of H-pyrrole nitrogens is 1. The summed E-state index contributed by atoms with van der Waals surface area (Å²) >= 11 is 0. The third-order valence-corrected chi connectivity index (χ3v) is 3.87. The summed E-state index contributed by atoms with van der Waals surface area (Å²) in [6, 6.07) is 5.87. The van der Waals surface area contributed by atoms with Crippen LogP contribution >= 0.6 is 0 Å². The topological polar surface area (TPSA) is 88.8 Å². The molecule has 0 aliphatic carbocycles. The van der Waals surface area contributed by atoms with Crippen LogP contribution < -0.4 is 15.0 Å². The number of aromatic nitrogens is 4. The van der Waals surface area contributed by atoms with Crippen LogP contribution in [0, 0.1) is 5.41 Å². The van der Waals surface area contributed by atoms with Crippen molar-refractivity contribution in [2.24, 2.45) is 0 Å².